The van der Waals surface area contributed by atoms with E-state index in [-0.39, 0.29) is 11.6 Å². The van der Waals surface area contributed by atoms with E-state index in [2.05, 4.69) is 32.7 Å². The second kappa shape index (κ2) is 6.55. The molecule has 0 bridgehead atoms. The van der Waals surface area contributed by atoms with Crippen LogP contribution in [-0.4, -0.2) is 24.0 Å². The van der Waals surface area contributed by atoms with Crippen LogP contribution < -0.4 is 5.73 Å². The summed E-state index contributed by atoms with van der Waals surface area (Å²) in [5.74, 6) is 0. The van der Waals surface area contributed by atoms with Crippen LogP contribution in [-0.2, 0) is 0 Å². The molecule has 0 radical (unpaired) electrons. The lowest BCUT2D eigenvalue weighted by Crippen LogP contribution is -2.41. The van der Waals surface area contributed by atoms with Gasteiger partial charge in [-0.3, -0.25) is 0 Å². The highest BCUT2D eigenvalue weighted by Crippen LogP contribution is 2.24. The summed E-state index contributed by atoms with van der Waals surface area (Å²) in [5, 5.41) is 0.766. The van der Waals surface area contributed by atoms with Crippen LogP contribution in [0.4, 0.5) is 0 Å². The second-order valence-corrected chi connectivity index (χ2v) is 5.91. The third-order valence-electron chi connectivity index (χ3n) is 3.98. The maximum Gasteiger partial charge on any atom is 0.0453 e. The normalized spacial score (nSPS) is 13.9. The Morgan fingerprint density at radius 1 is 1.33 bits per heavy atom. The third kappa shape index (κ3) is 3.98. The van der Waals surface area contributed by atoms with Crippen LogP contribution >= 0.6 is 11.6 Å². The highest BCUT2D eigenvalue weighted by Gasteiger charge is 2.21. The molecule has 1 atom stereocenters. The fourth-order valence-electron chi connectivity index (χ4n) is 1.84. The highest BCUT2D eigenvalue weighted by atomic mass is 35.5. The number of nitrogens with zero attached hydrogens (tertiary/aromatic N) is 1. The van der Waals surface area contributed by atoms with Crippen molar-refractivity contribution in [2.24, 2.45) is 5.73 Å². The molecule has 0 aliphatic heterocycles. The van der Waals surface area contributed by atoms with Crippen LogP contribution in [0.1, 0.15) is 45.2 Å². The molecule has 18 heavy (non-hydrogen) atoms. The van der Waals surface area contributed by atoms with E-state index >= 15 is 0 Å². The molecule has 0 aromatic heterocycles. The second-order valence-electron chi connectivity index (χ2n) is 5.50. The fourth-order valence-corrected chi connectivity index (χ4v) is 2.11. The first-order chi connectivity index (χ1) is 8.38. The van der Waals surface area contributed by atoms with Crippen LogP contribution in [0.25, 0.3) is 0 Å². The number of hydrogen-bond donors (Lipinski definition) is 1. The average Bonchev–Trinajstić information content (AvgIpc) is 2.36. The van der Waals surface area contributed by atoms with Crippen molar-refractivity contribution in [3.8, 4) is 0 Å². The average molecular weight is 269 g/mol. The standard InChI is InChI=1S/C15H25ClN2/c1-5-15(2,3)18(4)11-10-14(17)12-8-6-7-9-13(12)16/h6-9,14H,5,10-11,17H2,1-4H3. The van der Waals surface area contributed by atoms with Gasteiger partial charge in [0.1, 0.15) is 0 Å². The SMILES string of the molecule is CCC(C)(C)N(C)CCC(N)c1ccccc1Cl. The molecular weight excluding hydrogens is 244 g/mol. The molecule has 0 aliphatic rings. The Morgan fingerprint density at radius 3 is 2.50 bits per heavy atom. The van der Waals surface area contributed by atoms with E-state index in [1.807, 2.05) is 24.3 Å². The van der Waals surface area contributed by atoms with E-state index in [0.29, 0.717) is 0 Å². The van der Waals surface area contributed by atoms with E-state index < -0.39 is 0 Å². The first-order valence-electron chi connectivity index (χ1n) is 6.59. The molecule has 0 saturated heterocycles. The predicted octanol–water partition coefficient (Wildman–Crippen LogP) is 3.85. The van der Waals surface area contributed by atoms with E-state index in [4.69, 9.17) is 17.3 Å². The van der Waals surface area contributed by atoms with Crippen molar-refractivity contribution in [1.82, 2.24) is 4.90 Å². The Balaban J connectivity index is 2.57. The Labute approximate surface area is 116 Å². The van der Waals surface area contributed by atoms with Gasteiger partial charge in [-0.25, -0.2) is 0 Å². The van der Waals surface area contributed by atoms with Gasteiger partial charge in [-0.2, -0.15) is 0 Å². The smallest absolute Gasteiger partial charge is 0.0453 e. The number of halogens is 1. The summed E-state index contributed by atoms with van der Waals surface area (Å²) in [6.07, 6.45) is 2.05. The summed E-state index contributed by atoms with van der Waals surface area (Å²) in [4.78, 5) is 2.36. The van der Waals surface area contributed by atoms with Gasteiger partial charge in [0.05, 0.1) is 0 Å². The quantitative estimate of drug-likeness (QED) is 0.849. The number of benzene rings is 1. The summed E-state index contributed by atoms with van der Waals surface area (Å²) >= 11 is 6.16. The molecule has 0 aliphatic carbocycles. The molecule has 0 heterocycles. The van der Waals surface area contributed by atoms with Crippen molar-refractivity contribution in [2.75, 3.05) is 13.6 Å². The third-order valence-corrected chi connectivity index (χ3v) is 4.32. The van der Waals surface area contributed by atoms with Gasteiger partial charge in [0, 0.05) is 23.1 Å². The van der Waals surface area contributed by atoms with Gasteiger partial charge in [-0.1, -0.05) is 36.7 Å². The summed E-state index contributed by atoms with van der Waals surface area (Å²) < 4.78 is 0. The zero-order chi connectivity index (χ0) is 13.8. The van der Waals surface area contributed by atoms with Gasteiger partial charge in [0.2, 0.25) is 0 Å². The maximum absolute atomic E-state index is 6.22. The maximum atomic E-state index is 6.22. The molecule has 102 valence electrons. The number of nitrogens with two attached hydrogens (primary N) is 1. The molecule has 1 rings (SSSR count). The Kier molecular flexibility index (Phi) is 5.64. The Morgan fingerprint density at radius 2 is 1.94 bits per heavy atom. The van der Waals surface area contributed by atoms with Gasteiger partial charge in [0.25, 0.3) is 0 Å². The van der Waals surface area contributed by atoms with Crippen molar-refractivity contribution in [3.05, 3.63) is 34.9 Å². The van der Waals surface area contributed by atoms with Gasteiger partial charge >= 0.3 is 0 Å². The van der Waals surface area contributed by atoms with Crippen LogP contribution in [0.5, 0.6) is 0 Å². The molecule has 0 fully saturated rings. The van der Waals surface area contributed by atoms with Crippen molar-refractivity contribution in [1.29, 1.82) is 0 Å². The van der Waals surface area contributed by atoms with Crippen LogP contribution in [0, 0.1) is 0 Å². The Hall–Kier alpha value is -0.570. The molecule has 0 spiro atoms. The topological polar surface area (TPSA) is 29.3 Å². The molecule has 1 aromatic carbocycles. The molecule has 2 nitrogen and oxygen atoms in total. The first-order valence-corrected chi connectivity index (χ1v) is 6.97. The minimum Gasteiger partial charge on any atom is -0.324 e. The zero-order valence-electron chi connectivity index (χ0n) is 11.9. The molecule has 3 heteroatoms. The van der Waals surface area contributed by atoms with Crippen LogP contribution in [0.15, 0.2) is 24.3 Å². The lowest BCUT2D eigenvalue weighted by molar-refractivity contribution is 0.146. The summed E-state index contributed by atoms with van der Waals surface area (Å²) in [7, 11) is 2.16. The van der Waals surface area contributed by atoms with E-state index in [1.165, 1.54) is 0 Å². The van der Waals surface area contributed by atoms with Crippen LogP contribution in [0.3, 0.4) is 0 Å². The summed E-state index contributed by atoms with van der Waals surface area (Å²) in [5.41, 5.74) is 7.48. The lowest BCUT2D eigenvalue weighted by Gasteiger charge is -2.35. The summed E-state index contributed by atoms with van der Waals surface area (Å²) in [6.45, 7) is 7.71. The molecule has 0 amide bonds. The molecule has 1 unspecified atom stereocenters. The van der Waals surface area contributed by atoms with Crippen molar-refractivity contribution in [3.63, 3.8) is 0 Å². The number of rotatable bonds is 6. The van der Waals surface area contributed by atoms with Gasteiger partial charge in [-0.15, -0.1) is 0 Å². The van der Waals surface area contributed by atoms with E-state index in [1.54, 1.807) is 0 Å². The van der Waals surface area contributed by atoms with Gasteiger partial charge in [-0.05, 0) is 45.4 Å². The van der Waals surface area contributed by atoms with Crippen LogP contribution in [0.2, 0.25) is 5.02 Å². The molecule has 0 saturated carbocycles. The zero-order valence-corrected chi connectivity index (χ0v) is 12.7. The van der Waals surface area contributed by atoms with Gasteiger partial charge in [0.15, 0.2) is 0 Å². The predicted molar refractivity (Wildman–Crippen MR) is 80.0 cm³/mol. The van der Waals surface area contributed by atoms with E-state index in [0.717, 1.165) is 30.0 Å². The summed E-state index contributed by atoms with van der Waals surface area (Å²) in [6, 6.07) is 7.84. The lowest BCUT2D eigenvalue weighted by atomic mass is 9.98. The fraction of sp³-hybridized carbons (Fsp3) is 0.600. The largest absolute Gasteiger partial charge is 0.324 e. The highest BCUT2D eigenvalue weighted by molar-refractivity contribution is 6.31. The molecular formula is C15H25ClN2. The molecule has 1 aromatic rings. The van der Waals surface area contributed by atoms with Gasteiger partial charge < -0.3 is 10.6 Å². The molecule has 2 N–H and O–H groups in total. The minimum atomic E-state index is 0.00815. The monoisotopic (exact) mass is 268 g/mol. The van der Waals surface area contributed by atoms with E-state index in [9.17, 15) is 0 Å². The van der Waals surface area contributed by atoms with Crippen molar-refractivity contribution >= 4 is 11.6 Å². The van der Waals surface area contributed by atoms with Crippen molar-refractivity contribution < 1.29 is 0 Å². The minimum absolute atomic E-state index is 0.00815. The first kappa shape index (κ1) is 15.5. The number of hydrogen-bond acceptors (Lipinski definition) is 2. The Bertz CT molecular complexity index is 377. The van der Waals surface area contributed by atoms with Crippen molar-refractivity contribution in [2.45, 2.75) is 45.2 Å².